The molecule has 1 unspecified atom stereocenters. The Balaban J connectivity index is 1.47. The van der Waals surface area contributed by atoms with Crippen LogP contribution in [0.4, 0.5) is 24.5 Å². The molecule has 3 aromatic carbocycles. The zero-order chi connectivity index (χ0) is 30.2. The van der Waals surface area contributed by atoms with Gasteiger partial charge in [-0.1, -0.05) is 23.7 Å². The Hall–Kier alpha value is -4.12. The lowest BCUT2D eigenvalue weighted by Gasteiger charge is -2.32. The maximum Gasteiger partial charge on any atom is 0.420 e. The first kappa shape index (κ1) is 29.4. The number of alkyl halides is 3. The van der Waals surface area contributed by atoms with E-state index in [-0.39, 0.29) is 24.1 Å². The molecule has 1 heterocycles. The van der Waals surface area contributed by atoms with Crippen LogP contribution in [0.1, 0.15) is 35.6 Å². The highest BCUT2D eigenvalue weighted by molar-refractivity contribution is 6.30. The van der Waals surface area contributed by atoms with Gasteiger partial charge in [-0.3, -0.25) is 9.59 Å². The molecular weight excluding hydrogens is 577 g/mol. The number of carbonyl (C=O) groups is 2. The van der Waals surface area contributed by atoms with Crippen LogP contribution in [-0.2, 0) is 22.2 Å². The molecular formula is C30H28ClF3N2O6. The number of anilines is 2. The molecule has 8 nitrogen and oxygen atoms in total. The van der Waals surface area contributed by atoms with Gasteiger partial charge in [0.15, 0.2) is 0 Å². The molecule has 0 radical (unpaired) electrons. The number of carbonyl (C=O) groups excluding carboxylic acids is 1. The third-order valence-corrected chi connectivity index (χ3v) is 7.74. The Morgan fingerprint density at radius 2 is 1.71 bits per heavy atom. The Labute approximate surface area is 244 Å². The van der Waals surface area contributed by atoms with Gasteiger partial charge >= 0.3 is 12.1 Å². The van der Waals surface area contributed by atoms with E-state index >= 15 is 0 Å². The van der Waals surface area contributed by atoms with Gasteiger partial charge in [0.1, 0.15) is 29.4 Å². The molecule has 1 atom stereocenters. The fourth-order valence-electron chi connectivity index (χ4n) is 5.20. The zero-order valence-electron chi connectivity index (χ0n) is 22.7. The van der Waals surface area contributed by atoms with E-state index in [0.717, 1.165) is 6.07 Å². The van der Waals surface area contributed by atoms with Gasteiger partial charge in [-0.25, -0.2) is 0 Å². The van der Waals surface area contributed by atoms with Gasteiger partial charge in [-0.15, -0.1) is 0 Å². The highest BCUT2D eigenvalue weighted by Gasteiger charge is 2.39. The van der Waals surface area contributed by atoms with Crippen molar-refractivity contribution in [1.82, 2.24) is 0 Å². The van der Waals surface area contributed by atoms with Gasteiger partial charge in [-0.2, -0.15) is 13.2 Å². The molecule has 222 valence electrons. The number of rotatable bonds is 9. The summed E-state index contributed by atoms with van der Waals surface area (Å²) in [6.45, 7) is 0.184. The first-order valence-electron chi connectivity index (χ1n) is 13.2. The monoisotopic (exact) mass is 604 g/mol. The van der Waals surface area contributed by atoms with E-state index in [9.17, 15) is 22.8 Å². The normalized spacial score (nSPS) is 18.5. The van der Waals surface area contributed by atoms with Gasteiger partial charge in [-0.05, 0) is 54.7 Å². The van der Waals surface area contributed by atoms with Crippen LogP contribution in [0.2, 0.25) is 5.02 Å². The number of benzene rings is 3. The summed E-state index contributed by atoms with van der Waals surface area (Å²) in [4.78, 5) is 26.6. The molecule has 0 bridgehead atoms. The fraction of sp³-hybridized carbons (Fsp3) is 0.333. The second-order valence-electron chi connectivity index (χ2n) is 10.2. The largest absolute Gasteiger partial charge is 0.497 e. The van der Waals surface area contributed by atoms with Crippen molar-refractivity contribution in [2.24, 2.45) is 5.92 Å². The van der Waals surface area contributed by atoms with Crippen molar-refractivity contribution in [3.63, 3.8) is 0 Å². The van der Waals surface area contributed by atoms with Gasteiger partial charge in [0.05, 0.1) is 25.7 Å². The topological polar surface area (TPSA) is 97.3 Å². The van der Waals surface area contributed by atoms with Crippen molar-refractivity contribution >= 4 is 34.9 Å². The molecule has 2 N–H and O–H groups in total. The molecule has 1 saturated carbocycles. The Morgan fingerprint density at radius 1 is 1.02 bits per heavy atom. The minimum absolute atomic E-state index is 0.168. The lowest BCUT2D eigenvalue weighted by atomic mass is 9.82. The summed E-state index contributed by atoms with van der Waals surface area (Å²) in [5.74, 6) is -1.24. The summed E-state index contributed by atoms with van der Waals surface area (Å²) in [5.41, 5.74) is 0.768. The number of nitrogens with one attached hydrogen (secondary N) is 1. The van der Waals surface area contributed by atoms with Crippen LogP contribution in [0.15, 0.2) is 54.6 Å². The number of carboxylic acids is 1. The van der Waals surface area contributed by atoms with Crippen LogP contribution in [-0.4, -0.2) is 43.9 Å². The van der Waals surface area contributed by atoms with Crippen LogP contribution in [0, 0.1) is 5.92 Å². The number of amides is 1. The highest BCUT2D eigenvalue weighted by atomic mass is 35.5. The van der Waals surface area contributed by atoms with Crippen molar-refractivity contribution in [1.29, 1.82) is 0 Å². The maximum absolute atomic E-state index is 14.1. The van der Waals surface area contributed by atoms with Crippen molar-refractivity contribution in [2.75, 3.05) is 31.0 Å². The number of halogens is 4. The van der Waals surface area contributed by atoms with E-state index in [0.29, 0.717) is 52.6 Å². The Morgan fingerprint density at radius 3 is 2.33 bits per heavy atom. The second kappa shape index (κ2) is 11.6. The molecule has 1 amide bonds. The quantitative estimate of drug-likeness (QED) is 0.293. The summed E-state index contributed by atoms with van der Waals surface area (Å²) < 4.78 is 57.8. The fourth-order valence-corrected chi connectivity index (χ4v) is 5.32. The van der Waals surface area contributed by atoms with Crippen molar-refractivity contribution in [3.05, 3.63) is 76.3 Å². The second-order valence-corrected chi connectivity index (χ2v) is 10.6. The van der Waals surface area contributed by atoms with E-state index in [1.807, 2.05) is 0 Å². The van der Waals surface area contributed by atoms with E-state index in [1.165, 1.54) is 25.2 Å². The number of hydrogen-bond acceptors (Lipinski definition) is 6. The van der Waals surface area contributed by atoms with Gasteiger partial charge in [0.25, 0.3) is 5.91 Å². The van der Waals surface area contributed by atoms with Gasteiger partial charge in [0, 0.05) is 41.1 Å². The van der Waals surface area contributed by atoms with Crippen molar-refractivity contribution in [2.45, 2.75) is 37.6 Å². The molecule has 12 heteroatoms. The smallest absolute Gasteiger partial charge is 0.420 e. The Kier molecular flexibility index (Phi) is 8.14. The summed E-state index contributed by atoms with van der Waals surface area (Å²) in [7, 11) is 2.65. The lowest BCUT2D eigenvalue weighted by Crippen LogP contribution is -2.38. The third kappa shape index (κ3) is 6.06. The number of ether oxygens (including phenoxy) is 3. The number of methoxy groups -OCH3 is 2. The summed E-state index contributed by atoms with van der Waals surface area (Å²) in [6.07, 6.45) is -3.84. The van der Waals surface area contributed by atoms with E-state index in [2.05, 4.69) is 5.32 Å². The van der Waals surface area contributed by atoms with Crippen LogP contribution < -0.4 is 24.4 Å². The van der Waals surface area contributed by atoms with Crippen LogP contribution >= 0.6 is 11.6 Å². The summed E-state index contributed by atoms with van der Waals surface area (Å²) in [6, 6.07) is 12.8. The molecule has 1 aliphatic carbocycles. The number of aliphatic carboxylic acids is 1. The number of fused-ring (bicyclic) bond motifs is 1. The predicted molar refractivity (Wildman–Crippen MR) is 150 cm³/mol. The molecule has 0 aromatic heterocycles. The van der Waals surface area contributed by atoms with Crippen LogP contribution in [0.25, 0.3) is 0 Å². The molecule has 1 aliphatic heterocycles. The standard InChI is InChI=1S/C30H28ClF3N2O6/c1-40-21-12-20(13-23(14-21)42-22-9-18(10-22)29(38)39)35-27(16-3-5-19(31)6-4-16)28(37)36-8-7-17-11-26(41-2)24(15-25(17)36)30(32,33)34/h3-6,11-15,18,22,27,35H,7-10H2,1-2H3,(H,38,39). The van der Waals surface area contributed by atoms with Crippen LogP contribution in [0.3, 0.4) is 0 Å². The molecule has 3 aromatic rings. The maximum atomic E-state index is 14.1. The average molecular weight is 605 g/mol. The van der Waals surface area contributed by atoms with E-state index < -0.39 is 35.6 Å². The number of hydrogen-bond donors (Lipinski definition) is 2. The molecule has 0 spiro atoms. The molecule has 0 saturated heterocycles. The molecule has 2 aliphatic rings. The highest BCUT2D eigenvalue weighted by Crippen LogP contribution is 2.43. The lowest BCUT2D eigenvalue weighted by molar-refractivity contribution is -0.148. The minimum Gasteiger partial charge on any atom is -0.497 e. The first-order chi connectivity index (χ1) is 20.0. The van der Waals surface area contributed by atoms with Crippen molar-refractivity contribution < 1.29 is 42.1 Å². The number of carboxylic acid groups (broad SMARTS) is 1. The first-order valence-corrected chi connectivity index (χ1v) is 13.5. The van der Waals surface area contributed by atoms with E-state index in [1.54, 1.807) is 42.5 Å². The molecule has 42 heavy (non-hydrogen) atoms. The Bertz CT molecular complexity index is 1490. The zero-order valence-corrected chi connectivity index (χ0v) is 23.5. The SMILES string of the molecule is COc1cc(NC(C(=O)N2CCc3cc(OC)c(C(F)(F)F)cc32)c2ccc(Cl)cc2)cc(OC2CC(C(=O)O)C2)c1. The molecule has 1 fully saturated rings. The third-order valence-electron chi connectivity index (χ3n) is 7.49. The summed E-state index contributed by atoms with van der Waals surface area (Å²) in [5, 5.41) is 12.8. The molecule has 5 rings (SSSR count). The van der Waals surface area contributed by atoms with Gasteiger partial charge in [0.2, 0.25) is 0 Å². The van der Waals surface area contributed by atoms with Gasteiger partial charge < -0.3 is 29.5 Å². The summed E-state index contributed by atoms with van der Waals surface area (Å²) >= 11 is 6.09. The average Bonchev–Trinajstić information content (AvgIpc) is 3.35. The van der Waals surface area contributed by atoms with Crippen molar-refractivity contribution in [3.8, 4) is 17.2 Å². The minimum atomic E-state index is -4.67. The number of nitrogens with zero attached hydrogens (tertiary/aromatic N) is 1. The predicted octanol–water partition coefficient (Wildman–Crippen LogP) is 6.36. The van der Waals surface area contributed by atoms with E-state index in [4.69, 9.17) is 30.9 Å². The van der Waals surface area contributed by atoms with Crippen LogP contribution in [0.5, 0.6) is 17.2 Å².